The van der Waals surface area contributed by atoms with Crippen molar-refractivity contribution in [3.63, 3.8) is 0 Å². The first-order chi connectivity index (χ1) is 15.5. The minimum Gasteiger partial charge on any atom is -0.380 e. The van der Waals surface area contributed by atoms with Gasteiger partial charge in [0.05, 0.1) is 0 Å². The summed E-state index contributed by atoms with van der Waals surface area (Å²) < 4.78 is 0. The van der Waals surface area contributed by atoms with Gasteiger partial charge in [-0.05, 0) is 28.7 Å². The van der Waals surface area contributed by atoms with Gasteiger partial charge in [0.15, 0.2) is 12.2 Å². The van der Waals surface area contributed by atoms with E-state index in [1.165, 1.54) is 11.9 Å². The monoisotopic (exact) mass is 432 g/mol. The predicted molar refractivity (Wildman–Crippen MR) is 124 cm³/mol. The van der Waals surface area contributed by atoms with Crippen molar-refractivity contribution in [1.29, 1.82) is 0 Å². The van der Waals surface area contributed by atoms with E-state index in [4.69, 9.17) is 0 Å². The van der Waals surface area contributed by atoms with E-state index in [1.807, 2.05) is 84.9 Å². The van der Waals surface area contributed by atoms with Gasteiger partial charge in [-0.2, -0.15) is 0 Å². The zero-order valence-electron chi connectivity index (χ0n) is 18.0. The van der Waals surface area contributed by atoms with Gasteiger partial charge in [0.1, 0.15) is 0 Å². The van der Waals surface area contributed by atoms with Crippen LogP contribution in [0.1, 0.15) is 11.1 Å². The quantitative estimate of drug-likeness (QED) is 0.484. The number of rotatable bonds is 9. The van der Waals surface area contributed by atoms with Crippen molar-refractivity contribution in [2.45, 2.75) is 25.2 Å². The second-order valence-corrected chi connectivity index (χ2v) is 7.67. The Labute approximate surface area is 188 Å². The maximum atomic E-state index is 12.4. The highest BCUT2D eigenvalue weighted by atomic mass is 16.3. The number of nitrogens with zero attached hydrogens (tertiary/aromatic N) is 1. The highest BCUT2D eigenvalue weighted by Gasteiger charge is 2.32. The molecule has 0 aliphatic carbocycles. The smallest absolute Gasteiger partial charge is 0.254 e. The molecule has 0 aromatic heterocycles. The lowest BCUT2D eigenvalue weighted by atomic mass is 10.0. The molecule has 0 aliphatic heterocycles. The SMILES string of the molecule is CN(CCc1ccccc1)C(=O)C(O)[C@@H](O)C(=O)NCc1ccc(-c2ccccc2)cc1. The molecule has 3 aromatic carbocycles. The molecule has 2 atom stereocenters. The van der Waals surface area contributed by atoms with Crippen molar-refractivity contribution in [1.82, 2.24) is 10.2 Å². The van der Waals surface area contributed by atoms with Gasteiger partial charge in [-0.15, -0.1) is 0 Å². The Morgan fingerprint density at radius 1 is 0.781 bits per heavy atom. The molecule has 3 rings (SSSR count). The normalized spacial score (nSPS) is 12.6. The molecule has 166 valence electrons. The Bertz CT molecular complexity index is 1010. The van der Waals surface area contributed by atoms with Crippen LogP contribution in [-0.2, 0) is 22.6 Å². The molecule has 1 unspecified atom stereocenters. The van der Waals surface area contributed by atoms with E-state index < -0.39 is 24.0 Å². The minimum absolute atomic E-state index is 0.176. The summed E-state index contributed by atoms with van der Waals surface area (Å²) in [5.74, 6) is -1.50. The Hall–Kier alpha value is -3.48. The number of aliphatic hydroxyl groups is 2. The zero-order chi connectivity index (χ0) is 22.9. The van der Waals surface area contributed by atoms with E-state index in [-0.39, 0.29) is 6.54 Å². The van der Waals surface area contributed by atoms with Gasteiger partial charge in [0, 0.05) is 20.1 Å². The van der Waals surface area contributed by atoms with Gasteiger partial charge in [0.25, 0.3) is 11.8 Å². The van der Waals surface area contributed by atoms with Crippen molar-refractivity contribution in [3.8, 4) is 11.1 Å². The highest BCUT2D eigenvalue weighted by Crippen LogP contribution is 2.19. The van der Waals surface area contributed by atoms with Gasteiger partial charge in [-0.3, -0.25) is 9.59 Å². The lowest BCUT2D eigenvalue weighted by Crippen LogP contribution is -2.50. The van der Waals surface area contributed by atoms with Gasteiger partial charge in [-0.25, -0.2) is 0 Å². The summed E-state index contributed by atoms with van der Waals surface area (Å²) in [5, 5.41) is 22.9. The van der Waals surface area contributed by atoms with Crippen LogP contribution in [-0.4, -0.2) is 52.7 Å². The van der Waals surface area contributed by atoms with Crippen LogP contribution < -0.4 is 5.32 Å². The molecule has 0 radical (unpaired) electrons. The number of carbonyl (C=O) groups is 2. The summed E-state index contributed by atoms with van der Waals surface area (Å²) in [6.45, 7) is 0.539. The van der Waals surface area contributed by atoms with Crippen molar-refractivity contribution >= 4 is 11.8 Å². The third-order valence-corrected chi connectivity index (χ3v) is 5.30. The molecule has 0 spiro atoms. The second-order valence-electron chi connectivity index (χ2n) is 7.67. The molecule has 0 aliphatic rings. The summed E-state index contributed by atoms with van der Waals surface area (Å²) in [6.07, 6.45) is -3.06. The van der Waals surface area contributed by atoms with Gasteiger partial charge >= 0.3 is 0 Å². The number of likely N-dealkylation sites (N-methyl/N-ethyl adjacent to an activating group) is 1. The molecule has 2 amide bonds. The van der Waals surface area contributed by atoms with E-state index in [0.717, 1.165) is 22.3 Å². The molecule has 0 bridgehead atoms. The zero-order valence-corrected chi connectivity index (χ0v) is 18.0. The maximum Gasteiger partial charge on any atom is 0.254 e. The fourth-order valence-corrected chi connectivity index (χ4v) is 3.30. The van der Waals surface area contributed by atoms with Crippen LogP contribution in [0.3, 0.4) is 0 Å². The van der Waals surface area contributed by atoms with Crippen LogP contribution in [0.15, 0.2) is 84.9 Å². The van der Waals surface area contributed by atoms with Crippen LogP contribution in [0, 0.1) is 0 Å². The Kier molecular flexibility index (Phi) is 8.14. The fourth-order valence-electron chi connectivity index (χ4n) is 3.30. The number of hydrogen-bond donors (Lipinski definition) is 3. The second kappa shape index (κ2) is 11.2. The highest BCUT2D eigenvalue weighted by molar-refractivity contribution is 5.90. The lowest BCUT2D eigenvalue weighted by Gasteiger charge is -2.23. The Morgan fingerprint density at radius 2 is 1.34 bits per heavy atom. The van der Waals surface area contributed by atoms with E-state index in [0.29, 0.717) is 13.0 Å². The first kappa shape index (κ1) is 23.2. The van der Waals surface area contributed by atoms with Crippen LogP contribution in [0.5, 0.6) is 0 Å². The minimum atomic E-state index is -1.84. The van der Waals surface area contributed by atoms with E-state index in [1.54, 1.807) is 0 Å². The summed E-state index contributed by atoms with van der Waals surface area (Å²) in [7, 11) is 1.54. The summed E-state index contributed by atoms with van der Waals surface area (Å²) in [4.78, 5) is 26.0. The summed E-state index contributed by atoms with van der Waals surface area (Å²) in [5.41, 5.74) is 4.04. The largest absolute Gasteiger partial charge is 0.380 e. The maximum absolute atomic E-state index is 12.4. The topological polar surface area (TPSA) is 89.9 Å². The van der Waals surface area contributed by atoms with Gasteiger partial charge in [0.2, 0.25) is 0 Å². The van der Waals surface area contributed by atoms with Crippen LogP contribution in [0.4, 0.5) is 0 Å². The van der Waals surface area contributed by atoms with Gasteiger partial charge < -0.3 is 20.4 Å². The number of amides is 2. The summed E-state index contributed by atoms with van der Waals surface area (Å²) in [6, 6.07) is 27.2. The third-order valence-electron chi connectivity index (χ3n) is 5.30. The molecule has 0 saturated heterocycles. The molecular formula is C26H28N2O4. The van der Waals surface area contributed by atoms with Crippen molar-refractivity contribution < 1.29 is 19.8 Å². The molecule has 32 heavy (non-hydrogen) atoms. The standard InChI is InChI=1S/C26H28N2O4/c1-28(17-16-19-8-4-2-5-9-19)26(32)24(30)23(29)25(31)27-18-20-12-14-22(15-13-20)21-10-6-3-7-11-21/h2-15,23-24,29-30H,16-18H2,1H3,(H,27,31)/t23-,24?/m1/s1. The molecule has 6 nitrogen and oxygen atoms in total. The molecule has 0 fully saturated rings. The van der Waals surface area contributed by atoms with Crippen LogP contribution in [0.25, 0.3) is 11.1 Å². The van der Waals surface area contributed by atoms with Crippen LogP contribution in [0.2, 0.25) is 0 Å². The van der Waals surface area contributed by atoms with Crippen LogP contribution >= 0.6 is 0 Å². The van der Waals surface area contributed by atoms with Gasteiger partial charge in [-0.1, -0.05) is 84.9 Å². The molecular weight excluding hydrogens is 404 g/mol. The van der Waals surface area contributed by atoms with E-state index in [2.05, 4.69) is 5.32 Å². The average Bonchev–Trinajstić information content (AvgIpc) is 2.85. The number of nitrogens with one attached hydrogen (secondary N) is 1. The molecule has 0 heterocycles. The van der Waals surface area contributed by atoms with E-state index in [9.17, 15) is 19.8 Å². The molecule has 6 heteroatoms. The number of benzene rings is 3. The van der Waals surface area contributed by atoms with E-state index >= 15 is 0 Å². The van der Waals surface area contributed by atoms with Crippen molar-refractivity contribution in [2.75, 3.05) is 13.6 Å². The summed E-state index contributed by atoms with van der Waals surface area (Å²) >= 11 is 0. The Balaban J connectivity index is 1.48. The molecule has 3 aromatic rings. The Morgan fingerprint density at radius 3 is 1.97 bits per heavy atom. The first-order valence-corrected chi connectivity index (χ1v) is 10.5. The number of carbonyl (C=O) groups excluding carboxylic acids is 2. The predicted octanol–water partition coefficient (Wildman–Crippen LogP) is 2.39. The number of hydrogen-bond acceptors (Lipinski definition) is 4. The molecule has 3 N–H and O–H groups in total. The average molecular weight is 433 g/mol. The third kappa shape index (κ3) is 6.26. The first-order valence-electron chi connectivity index (χ1n) is 10.5. The number of aliphatic hydroxyl groups excluding tert-OH is 2. The lowest BCUT2D eigenvalue weighted by molar-refractivity contribution is -0.152. The fraction of sp³-hybridized carbons (Fsp3) is 0.231. The van der Waals surface area contributed by atoms with Crippen molar-refractivity contribution in [3.05, 3.63) is 96.1 Å². The molecule has 0 saturated carbocycles. The van der Waals surface area contributed by atoms with Crippen molar-refractivity contribution in [2.24, 2.45) is 0 Å².